The number of imidazole rings is 1. The van der Waals surface area contributed by atoms with Crippen molar-refractivity contribution in [3.05, 3.63) is 89.5 Å². The molecule has 0 bridgehead atoms. The van der Waals surface area contributed by atoms with Gasteiger partial charge in [-0.1, -0.05) is 42.5 Å². The summed E-state index contributed by atoms with van der Waals surface area (Å²) in [6.45, 7) is 2.93. The maximum Gasteiger partial charge on any atom is 0.174 e. The molecule has 0 amide bonds. The van der Waals surface area contributed by atoms with E-state index in [2.05, 4.69) is 58.2 Å². The molecule has 2 aromatic carbocycles. The molecular formula is C27H27N5O. The number of hydrogen-bond acceptors (Lipinski definition) is 4. The van der Waals surface area contributed by atoms with Crippen LogP contribution in [0.3, 0.4) is 0 Å². The monoisotopic (exact) mass is 437 g/mol. The Morgan fingerprint density at radius 2 is 2.00 bits per heavy atom. The summed E-state index contributed by atoms with van der Waals surface area (Å²) in [7, 11) is 1.69. The molecule has 2 aromatic heterocycles. The van der Waals surface area contributed by atoms with Crippen LogP contribution in [0, 0.1) is 6.92 Å². The Morgan fingerprint density at radius 3 is 2.79 bits per heavy atom. The zero-order valence-corrected chi connectivity index (χ0v) is 19.0. The van der Waals surface area contributed by atoms with E-state index in [-0.39, 0.29) is 5.41 Å². The van der Waals surface area contributed by atoms with Gasteiger partial charge in [0.15, 0.2) is 5.82 Å². The summed E-state index contributed by atoms with van der Waals surface area (Å²) in [5.41, 5.74) is 4.56. The van der Waals surface area contributed by atoms with Gasteiger partial charge < -0.3 is 9.30 Å². The van der Waals surface area contributed by atoms with Crippen molar-refractivity contribution in [2.75, 3.05) is 7.11 Å². The average Bonchev–Trinajstić information content (AvgIpc) is 3.16. The van der Waals surface area contributed by atoms with Crippen molar-refractivity contribution < 1.29 is 4.74 Å². The van der Waals surface area contributed by atoms with Crippen LogP contribution in [0.4, 0.5) is 0 Å². The lowest BCUT2D eigenvalue weighted by Crippen LogP contribution is -2.24. The van der Waals surface area contributed by atoms with Crippen molar-refractivity contribution in [1.29, 1.82) is 0 Å². The van der Waals surface area contributed by atoms with E-state index >= 15 is 0 Å². The van der Waals surface area contributed by atoms with Gasteiger partial charge >= 0.3 is 0 Å². The Morgan fingerprint density at radius 1 is 1.12 bits per heavy atom. The molecule has 3 heterocycles. The van der Waals surface area contributed by atoms with Gasteiger partial charge in [-0.2, -0.15) is 5.10 Å². The van der Waals surface area contributed by atoms with E-state index in [0.717, 1.165) is 47.3 Å². The van der Waals surface area contributed by atoms with Crippen LogP contribution in [0.25, 0.3) is 17.8 Å². The maximum absolute atomic E-state index is 5.64. The summed E-state index contributed by atoms with van der Waals surface area (Å²) < 4.78 is 9.75. The number of rotatable bonds is 5. The first-order valence-electron chi connectivity index (χ1n) is 11.5. The molecule has 2 atom stereocenters. The molecule has 1 fully saturated rings. The summed E-state index contributed by atoms with van der Waals surface area (Å²) >= 11 is 0. The number of aromatic nitrogens is 5. The average molecular weight is 438 g/mol. The van der Waals surface area contributed by atoms with Crippen molar-refractivity contribution in [2.45, 2.75) is 44.1 Å². The summed E-state index contributed by atoms with van der Waals surface area (Å²) in [6, 6.07) is 17.0. The number of ether oxygens (including phenoxy) is 1. The van der Waals surface area contributed by atoms with Gasteiger partial charge in [-0.3, -0.25) is 0 Å². The van der Waals surface area contributed by atoms with Crippen molar-refractivity contribution in [3.63, 3.8) is 0 Å². The predicted molar refractivity (Wildman–Crippen MR) is 129 cm³/mol. The third kappa shape index (κ3) is 3.46. The summed E-state index contributed by atoms with van der Waals surface area (Å²) in [4.78, 5) is 9.30. The van der Waals surface area contributed by atoms with Crippen molar-refractivity contribution in [2.24, 2.45) is 0 Å². The van der Waals surface area contributed by atoms with Gasteiger partial charge in [0, 0.05) is 18.2 Å². The molecule has 1 aliphatic heterocycles. The van der Waals surface area contributed by atoms with Gasteiger partial charge in [-0.05, 0) is 61.4 Å². The molecule has 1 unspecified atom stereocenters. The van der Waals surface area contributed by atoms with Crippen LogP contribution >= 0.6 is 0 Å². The highest BCUT2D eigenvalue weighted by molar-refractivity contribution is 5.69. The molecule has 0 radical (unpaired) electrons. The van der Waals surface area contributed by atoms with Crippen molar-refractivity contribution in [3.8, 4) is 11.4 Å². The lowest BCUT2D eigenvalue weighted by atomic mass is 9.90. The largest absolute Gasteiger partial charge is 0.495 e. The van der Waals surface area contributed by atoms with Crippen LogP contribution in [0.1, 0.15) is 53.7 Å². The van der Waals surface area contributed by atoms with Crippen LogP contribution in [0.5, 0.6) is 5.75 Å². The Kier molecular flexibility index (Phi) is 4.68. The van der Waals surface area contributed by atoms with Crippen LogP contribution in [-0.4, -0.2) is 31.4 Å². The molecule has 33 heavy (non-hydrogen) atoms. The molecular weight excluding hydrogens is 410 g/mol. The van der Waals surface area contributed by atoms with E-state index in [4.69, 9.17) is 14.8 Å². The number of fused-ring (bicyclic) bond motifs is 2. The van der Waals surface area contributed by atoms with E-state index in [9.17, 15) is 0 Å². The molecule has 6 nitrogen and oxygen atoms in total. The first-order chi connectivity index (χ1) is 16.2. The lowest BCUT2D eigenvalue weighted by molar-refractivity contribution is 0.394. The fourth-order valence-electron chi connectivity index (χ4n) is 5.30. The number of nitrogens with zero attached hydrogens (tertiary/aromatic N) is 5. The van der Waals surface area contributed by atoms with Crippen LogP contribution < -0.4 is 4.74 Å². The fraction of sp³-hybridized carbons (Fsp3) is 0.296. The molecule has 1 spiro atoms. The summed E-state index contributed by atoms with van der Waals surface area (Å²) in [5, 5.41) is 4.82. The Balaban J connectivity index is 1.26. The van der Waals surface area contributed by atoms with Gasteiger partial charge in [-0.25, -0.2) is 14.6 Å². The zero-order chi connectivity index (χ0) is 22.4. The lowest BCUT2D eigenvalue weighted by Gasteiger charge is -2.23. The molecule has 6 rings (SSSR count). The van der Waals surface area contributed by atoms with Gasteiger partial charge in [0.25, 0.3) is 0 Å². The normalized spacial score (nSPS) is 21.5. The zero-order valence-electron chi connectivity index (χ0n) is 19.0. The molecule has 0 N–H and O–H groups in total. The molecule has 0 saturated heterocycles. The van der Waals surface area contributed by atoms with Gasteiger partial charge in [0.05, 0.1) is 24.8 Å². The molecule has 1 saturated carbocycles. The minimum atomic E-state index is 0.159. The Labute approximate surface area is 193 Å². The van der Waals surface area contributed by atoms with E-state index in [1.807, 2.05) is 29.8 Å². The fourth-order valence-corrected chi connectivity index (χ4v) is 5.30. The van der Waals surface area contributed by atoms with Crippen LogP contribution in [0.15, 0.2) is 61.1 Å². The molecule has 1 aliphatic carbocycles. The van der Waals surface area contributed by atoms with Crippen molar-refractivity contribution in [1.82, 2.24) is 24.3 Å². The first-order valence-corrected chi connectivity index (χ1v) is 11.5. The first kappa shape index (κ1) is 20.0. The van der Waals surface area contributed by atoms with Gasteiger partial charge in [-0.15, -0.1) is 0 Å². The third-order valence-electron chi connectivity index (χ3n) is 7.02. The minimum absolute atomic E-state index is 0.159. The summed E-state index contributed by atoms with van der Waals surface area (Å²) in [5.74, 6) is 3.29. The second-order valence-electron chi connectivity index (χ2n) is 9.13. The van der Waals surface area contributed by atoms with E-state index < -0.39 is 0 Å². The highest BCUT2D eigenvalue weighted by Gasteiger charge is 2.59. The quantitative estimate of drug-likeness (QED) is 0.432. The maximum atomic E-state index is 5.64. The summed E-state index contributed by atoms with van der Waals surface area (Å²) in [6.07, 6.45) is 11.4. The SMILES string of the molecule is COc1cc(/C=C/c2nc3n(n2)CCCC32C[C@H]2c2ccccc2)ccc1-n1cnc(C)c1. The molecule has 166 valence electrons. The second kappa shape index (κ2) is 7.73. The van der Waals surface area contributed by atoms with Gasteiger partial charge in [0.2, 0.25) is 0 Å². The highest BCUT2D eigenvalue weighted by atomic mass is 16.5. The minimum Gasteiger partial charge on any atom is -0.495 e. The number of benzene rings is 2. The topological polar surface area (TPSA) is 57.8 Å². The van der Waals surface area contributed by atoms with Crippen LogP contribution in [-0.2, 0) is 12.0 Å². The smallest absolute Gasteiger partial charge is 0.174 e. The Hall–Kier alpha value is -3.67. The third-order valence-corrected chi connectivity index (χ3v) is 7.02. The molecule has 6 heteroatoms. The van der Waals surface area contributed by atoms with Crippen LogP contribution in [0.2, 0.25) is 0 Å². The highest BCUT2D eigenvalue weighted by Crippen LogP contribution is 2.63. The molecule has 4 aromatic rings. The molecule has 2 aliphatic rings. The predicted octanol–water partition coefficient (Wildman–Crippen LogP) is 5.17. The Bertz CT molecular complexity index is 1340. The second-order valence-corrected chi connectivity index (χ2v) is 9.13. The van der Waals surface area contributed by atoms with E-state index in [0.29, 0.717) is 5.92 Å². The van der Waals surface area contributed by atoms with E-state index in [1.165, 1.54) is 18.4 Å². The standard InChI is InChI=1S/C27H27N5O/c1-19-17-31(18-28-19)23-11-9-20(15-24(23)33-2)10-12-25-29-26-27(13-6-14-32(26)30-25)16-22(27)21-7-4-3-5-8-21/h3-5,7-12,15,17-18,22H,6,13-14,16H2,1-2H3/b12-10+/t22-,27?/m0/s1. The van der Waals surface area contributed by atoms with Gasteiger partial charge in [0.1, 0.15) is 11.6 Å². The number of hydrogen-bond donors (Lipinski definition) is 0. The number of aryl methyl sites for hydroxylation is 2. The number of methoxy groups -OCH3 is 1. The van der Waals surface area contributed by atoms with Crippen molar-refractivity contribution >= 4 is 12.2 Å². The van der Waals surface area contributed by atoms with E-state index in [1.54, 1.807) is 13.4 Å².